The zero-order valence-electron chi connectivity index (χ0n) is 70.8. The van der Waals surface area contributed by atoms with Gasteiger partial charge in [0.15, 0.2) is 17.5 Å². The van der Waals surface area contributed by atoms with Gasteiger partial charge < -0.3 is 0 Å². The van der Waals surface area contributed by atoms with Gasteiger partial charge in [0.1, 0.15) is 0 Å². The maximum Gasteiger partial charge on any atom is 0.160 e. The van der Waals surface area contributed by atoms with Crippen LogP contribution in [0.15, 0.2) is 425 Å². The first-order chi connectivity index (χ1) is 64.1. The number of hydrogen-bond acceptors (Lipinski definition) is 9. The summed E-state index contributed by atoms with van der Waals surface area (Å²) < 4.78 is 8.01. The van der Waals surface area contributed by atoms with Crippen LogP contribution in [0, 0.1) is 0 Å². The van der Waals surface area contributed by atoms with E-state index in [4.69, 9.17) is 29.9 Å². The van der Waals surface area contributed by atoms with Gasteiger partial charge in [-0.3, -0.25) is 0 Å². The van der Waals surface area contributed by atoms with Gasteiger partial charge in [0.25, 0.3) is 0 Å². The topological polar surface area (TPSA) is 77.3 Å². The maximum atomic E-state index is 5.30. The zero-order valence-corrected chi connectivity index (χ0v) is 73.3. The molecule has 0 bridgehead atoms. The highest BCUT2D eigenvalue weighted by Gasteiger charge is 2.36. The Hall–Kier alpha value is -15.9. The van der Waals surface area contributed by atoms with Crippen LogP contribution in [-0.2, 0) is 5.41 Å². The molecule has 20 aromatic carbocycles. The second kappa shape index (κ2) is 31.3. The van der Waals surface area contributed by atoms with Crippen molar-refractivity contribution in [3.05, 3.63) is 436 Å². The molecule has 1 aliphatic carbocycles. The number of thiophene rings is 3. The second-order valence-electron chi connectivity index (χ2n) is 34.2. The standard InChI is InChI=1S/C45H30N2S.C40H24N2S.C36H22N2S/c1-45(2)38-15-6-3-12-32(38)33-22-21-30(26-39(33)45)42-36-14-4-7-16-40(36)46-44(47-42)31-11-9-10-28(24-31)29-19-18-27-20-23-35-34-13-5-8-17-41(34)48-43(35)37(27)25-29;1-2-10-27(11-3-1)37-34-22-20-25-9-4-5-14-31(25)38(34)42-40(41-37)30-13-8-12-28(23-30)29-18-17-26-19-21-33-32-15-6-7-16-36(32)43-39(33)35(26)24-29;1-2-9-24(10-3-1)34-30-14-4-6-15-32(30)37-36(38-34)27-12-8-11-25(21-27)26-18-17-23-19-20-29-28-13-5-7-16-33(28)39-35(29)31(23)22-26/h3-26H,1-2H3;1-24H;1-22H. The van der Waals surface area contributed by atoms with Crippen LogP contribution >= 0.6 is 34.0 Å². The van der Waals surface area contributed by atoms with E-state index in [0.29, 0.717) is 0 Å². The van der Waals surface area contributed by atoms with Gasteiger partial charge in [-0.25, -0.2) is 29.9 Å². The highest BCUT2D eigenvalue weighted by Crippen LogP contribution is 2.51. The number of aromatic nitrogens is 6. The molecular weight excluding hydrogens is 1630 g/mol. The Morgan fingerprint density at radius 1 is 0.185 bits per heavy atom. The van der Waals surface area contributed by atoms with Crippen LogP contribution in [0.1, 0.15) is 25.0 Å². The van der Waals surface area contributed by atoms with Crippen LogP contribution in [0.2, 0.25) is 0 Å². The average molecular weight is 1710 g/mol. The Bertz CT molecular complexity index is 9120. The van der Waals surface area contributed by atoms with Gasteiger partial charge in [0.05, 0.1) is 33.6 Å². The molecule has 130 heavy (non-hydrogen) atoms. The van der Waals surface area contributed by atoms with E-state index in [-0.39, 0.29) is 5.41 Å². The number of benzene rings is 20. The van der Waals surface area contributed by atoms with Crippen molar-refractivity contribution in [2.24, 2.45) is 0 Å². The van der Waals surface area contributed by atoms with Crippen molar-refractivity contribution in [3.63, 3.8) is 0 Å². The van der Waals surface area contributed by atoms with Crippen LogP contribution in [0.25, 0.3) is 249 Å². The molecule has 0 saturated carbocycles. The summed E-state index contributed by atoms with van der Waals surface area (Å²) in [6, 6.07) is 152. The lowest BCUT2D eigenvalue weighted by molar-refractivity contribution is 0.660. The normalized spacial score (nSPS) is 12.3. The fourth-order valence-corrected chi connectivity index (χ4v) is 23.4. The van der Waals surface area contributed by atoms with Crippen molar-refractivity contribution in [1.29, 1.82) is 0 Å². The molecule has 26 aromatic rings. The summed E-state index contributed by atoms with van der Waals surface area (Å²) in [7, 11) is 0. The largest absolute Gasteiger partial charge is 0.228 e. The molecule has 608 valence electrons. The summed E-state index contributed by atoms with van der Waals surface area (Å²) >= 11 is 5.63. The lowest BCUT2D eigenvalue weighted by atomic mass is 9.82. The Balaban J connectivity index is 0.000000106. The van der Waals surface area contributed by atoms with Crippen LogP contribution in [0.3, 0.4) is 0 Å². The predicted molar refractivity (Wildman–Crippen MR) is 554 cm³/mol. The van der Waals surface area contributed by atoms with Crippen LogP contribution in [0.5, 0.6) is 0 Å². The van der Waals surface area contributed by atoms with Crippen LogP contribution in [0.4, 0.5) is 0 Å². The number of fused-ring (bicyclic) bond motifs is 23. The predicted octanol–water partition coefficient (Wildman–Crippen LogP) is 33.9. The van der Waals surface area contributed by atoms with Crippen molar-refractivity contribution in [2.45, 2.75) is 19.3 Å². The molecule has 0 saturated heterocycles. The Morgan fingerprint density at radius 3 is 0.977 bits per heavy atom. The van der Waals surface area contributed by atoms with Gasteiger partial charge in [0.2, 0.25) is 0 Å². The third kappa shape index (κ3) is 13.3. The highest BCUT2D eigenvalue weighted by atomic mass is 32.1. The van der Waals surface area contributed by atoms with Crippen LogP contribution < -0.4 is 0 Å². The number of hydrogen-bond donors (Lipinski definition) is 0. The number of nitrogens with zero attached hydrogens (tertiary/aromatic N) is 6. The van der Waals surface area contributed by atoms with Crippen molar-refractivity contribution >= 4 is 170 Å². The molecule has 0 aliphatic heterocycles. The third-order valence-electron chi connectivity index (χ3n) is 26.2. The summed E-state index contributed by atoms with van der Waals surface area (Å²) in [4.78, 5) is 30.9. The summed E-state index contributed by atoms with van der Waals surface area (Å²) in [5.41, 5.74) is 24.4. The minimum Gasteiger partial charge on any atom is -0.228 e. The minimum absolute atomic E-state index is 0.0802. The van der Waals surface area contributed by atoms with Crippen LogP contribution in [-0.4, -0.2) is 29.9 Å². The van der Waals surface area contributed by atoms with Gasteiger partial charge in [-0.05, 0) is 156 Å². The Labute approximate surface area is 761 Å². The molecule has 0 spiro atoms. The van der Waals surface area contributed by atoms with E-state index in [0.717, 1.165) is 123 Å². The zero-order chi connectivity index (χ0) is 86.1. The van der Waals surface area contributed by atoms with Gasteiger partial charge in [-0.15, -0.1) is 34.0 Å². The van der Waals surface area contributed by atoms with Crippen molar-refractivity contribution < 1.29 is 0 Å². The first kappa shape index (κ1) is 76.5. The quantitative estimate of drug-likeness (QED) is 0.134. The molecular formula is C121H76N6S3. The molecule has 6 heterocycles. The van der Waals surface area contributed by atoms with Gasteiger partial charge in [0, 0.05) is 137 Å². The minimum atomic E-state index is -0.0802. The molecule has 1 aliphatic rings. The molecule has 6 nitrogen and oxygen atoms in total. The van der Waals surface area contributed by atoms with Crippen molar-refractivity contribution in [3.8, 4) is 112 Å². The van der Waals surface area contributed by atoms with E-state index in [2.05, 4.69) is 414 Å². The molecule has 9 heteroatoms. The van der Waals surface area contributed by atoms with Gasteiger partial charge >= 0.3 is 0 Å². The summed E-state index contributed by atoms with van der Waals surface area (Å²) in [6.45, 7) is 4.66. The Kier molecular flexibility index (Phi) is 18.4. The van der Waals surface area contributed by atoms with E-state index in [1.54, 1.807) is 0 Å². The lowest BCUT2D eigenvalue weighted by Crippen LogP contribution is -2.14. The fraction of sp³-hybridized carbons (Fsp3) is 0.0248. The van der Waals surface area contributed by atoms with E-state index in [9.17, 15) is 0 Å². The number of para-hydroxylation sites is 2. The van der Waals surface area contributed by atoms with E-state index < -0.39 is 0 Å². The molecule has 6 aromatic heterocycles. The summed E-state index contributed by atoms with van der Waals surface area (Å²) in [5.74, 6) is 2.21. The smallest absolute Gasteiger partial charge is 0.160 e. The summed E-state index contributed by atoms with van der Waals surface area (Å²) in [6.07, 6.45) is 0. The average Bonchev–Trinajstić information content (AvgIpc) is 1.58. The highest BCUT2D eigenvalue weighted by molar-refractivity contribution is 7.27. The molecule has 0 N–H and O–H groups in total. The molecule has 0 fully saturated rings. The number of rotatable bonds is 9. The monoisotopic (exact) mass is 1710 g/mol. The first-order valence-corrected chi connectivity index (χ1v) is 46.5. The SMILES string of the molecule is CC1(C)c2ccccc2-c2ccc(-c3nc(-c4cccc(-c5ccc6ccc7c8ccccc8sc7c6c5)c4)nc4ccccc34)cc21.c1ccc(-c2nc(-c3cccc(-c4ccc5ccc6c7ccccc7sc6c5c4)c3)nc3c2ccc2ccccc23)cc1.c1ccc(-c2nc(-c3cccc(-c4ccc5ccc6c7ccccc7sc6c5c4)c3)nc3ccccc23)cc1. The molecule has 0 unspecified atom stereocenters. The molecule has 0 atom stereocenters. The van der Waals surface area contributed by atoms with Crippen molar-refractivity contribution in [2.75, 3.05) is 0 Å². The van der Waals surface area contributed by atoms with Gasteiger partial charge in [-0.2, -0.15) is 0 Å². The summed E-state index contributed by atoms with van der Waals surface area (Å²) in [5, 5.41) is 21.1. The fourth-order valence-electron chi connectivity index (χ4n) is 19.7. The van der Waals surface area contributed by atoms with Gasteiger partial charge in [-0.1, -0.05) is 360 Å². The maximum absolute atomic E-state index is 5.30. The molecule has 27 rings (SSSR count). The third-order valence-corrected chi connectivity index (χ3v) is 29.9. The molecule has 0 amide bonds. The molecule has 0 radical (unpaired) electrons. The van der Waals surface area contributed by atoms with E-state index >= 15 is 0 Å². The first-order valence-electron chi connectivity index (χ1n) is 44.1. The van der Waals surface area contributed by atoms with E-state index in [1.165, 1.54) is 137 Å². The Morgan fingerprint density at radius 2 is 0.508 bits per heavy atom. The van der Waals surface area contributed by atoms with E-state index in [1.807, 2.05) is 58.3 Å². The van der Waals surface area contributed by atoms with Crippen molar-refractivity contribution in [1.82, 2.24) is 29.9 Å². The second-order valence-corrected chi connectivity index (χ2v) is 37.4. The lowest BCUT2D eigenvalue weighted by Gasteiger charge is -2.22.